The van der Waals surface area contributed by atoms with E-state index < -0.39 is 29.6 Å². The highest BCUT2D eigenvalue weighted by atomic mass is 16.6. The van der Waals surface area contributed by atoms with Gasteiger partial charge in [0.05, 0.1) is 0 Å². The highest BCUT2D eigenvalue weighted by Gasteiger charge is 2.46. The number of piperidine rings is 1. The fourth-order valence-corrected chi connectivity index (χ4v) is 3.45. The molecule has 2 aliphatic rings. The van der Waals surface area contributed by atoms with Gasteiger partial charge in [-0.2, -0.15) is 4.90 Å². The fraction of sp³-hybridized carbons (Fsp3) is 0.500. The molecule has 1 aromatic carbocycles. The molecule has 0 spiro atoms. The third kappa shape index (κ3) is 4.24. The topological polar surface area (TPSA) is 113 Å². The first kappa shape index (κ1) is 20.8. The Kier molecular flexibility index (Phi) is 5.61. The molecule has 1 unspecified atom stereocenters. The molecule has 1 aromatic rings. The van der Waals surface area contributed by atoms with Crippen molar-refractivity contribution in [1.82, 2.24) is 9.80 Å². The van der Waals surface area contributed by atoms with E-state index in [1.54, 1.807) is 25.7 Å². The van der Waals surface area contributed by atoms with E-state index in [0.29, 0.717) is 30.2 Å². The molecule has 9 nitrogen and oxygen atoms in total. The number of ether oxygens (including phenoxy) is 1. The van der Waals surface area contributed by atoms with Crippen LogP contribution in [0.15, 0.2) is 24.3 Å². The van der Waals surface area contributed by atoms with Crippen LogP contribution in [0.2, 0.25) is 0 Å². The van der Waals surface area contributed by atoms with Gasteiger partial charge in [-0.3, -0.25) is 14.5 Å². The van der Waals surface area contributed by atoms with Crippen molar-refractivity contribution >= 4 is 29.6 Å². The summed E-state index contributed by atoms with van der Waals surface area (Å²) < 4.78 is 5.19. The monoisotopic (exact) mass is 402 g/mol. The zero-order valence-corrected chi connectivity index (χ0v) is 16.9. The maximum atomic E-state index is 12.9. The van der Waals surface area contributed by atoms with Gasteiger partial charge in [0.25, 0.3) is 5.91 Å². The van der Waals surface area contributed by atoms with Gasteiger partial charge in [-0.1, -0.05) is 12.1 Å². The second-order valence-electron chi connectivity index (χ2n) is 8.10. The molecule has 156 valence electrons. The predicted molar refractivity (Wildman–Crippen MR) is 105 cm³/mol. The Balaban J connectivity index is 1.76. The van der Waals surface area contributed by atoms with E-state index >= 15 is 0 Å². The number of urea groups is 1. The molecule has 2 N–H and O–H groups in total. The Labute approximate surface area is 169 Å². The SMILES string of the molecule is CC(C)(C)OC(=O)N1C(=O)CCC(N2CCN(c3ccc(CN)cc3)C2=O)C1=O. The van der Waals surface area contributed by atoms with Gasteiger partial charge in [-0.05, 0) is 44.9 Å². The molecule has 0 bridgehead atoms. The van der Waals surface area contributed by atoms with Crippen LogP contribution >= 0.6 is 0 Å². The van der Waals surface area contributed by atoms with Gasteiger partial charge in [0.1, 0.15) is 11.6 Å². The lowest BCUT2D eigenvalue weighted by Gasteiger charge is -2.34. The Hall–Kier alpha value is -2.94. The summed E-state index contributed by atoms with van der Waals surface area (Å²) >= 11 is 0. The van der Waals surface area contributed by atoms with Gasteiger partial charge in [0.2, 0.25) is 5.91 Å². The number of hydrogen-bond acceptors (Lipinski definition) is 6. The molecule has 9 heteroatoms. The lowest BCUT2D eigenvalue weighted by molar-refractivity contribution is -0.150. The van der Waals surface area contributed by atoms with E-state index in [1.807, 2.05) is 24.3 Å². The molecule has 0 aromatic heterocycles. The van der Waals surface area contributed by atoms with Crippen LogP contribution in [-0.4, -0.2) is 58.5 Å². The van der Waals surface area contributed by atoms with Gasteiger partial charge in [-0.15, -0.1) is 0 Å². The fourth-order valence-electron chi connectivity index (χ4n) is 3.45. The molecule has 2 saturated heterocycles. The summed E-state index contributed by atoms with van der Waals surface area (Å²) in [6.07, 6.45) is -0.828. The number of carbonyl (C=O) groups is 4. The maximum Gasteiger partial charge on any atom is 0.424 e. The van der Waals surface area contributed by atoms with Crippen molar-refractivity contribution in [3.05, 3.63) is 29.8 Å². The molecule has 0 radical (unpaired) electrons. The van der Waals surface area contributed by atoms with Crippen molar-refractivity contribution in [1.29, 1.82) is 0 Å². The van der Waals surface area contributed by atoms with Crippen LogP contribution in [0, 0.1) is 0 Å². The predicted octanol–water partition coefficient (Wildman–Crippen LogP) is 1.84. The molecule has 2 heterocycles. The Morgan fingerprint density at radius 2 is 1.79 bits per heavy atom. The Bertz CT molecular complexity index is 830. The van der Waals surface area contributed by atoms with Crippen molar-refractivity contribution in [2.24, 2.45) is 5.73 Å². The Morgan fingerprint density at radius 1 is 1.14 bits per heavy atom. The number of benzene rings is 1. The first-order valence-corrected chi connectivity index (χ1v) is 9.59. The number of carbonyl (C=O) groups excluding carboxylic acids is 4. The summed E-state index contributed by atoms with van der Waals surface area (Å²) in [4.78, 5) is 53.9. The quantitative estimate of drug-likeness (QED) is 0.772. The summed E-state index contributed by atoms with van der Waals surface area (Å²) in [6, 6.07) is 6.11. The molecular formula is C20H26N4O5. The van der Waals surface area contributed by atoms with Crippen molar-refractivity contribution < 1.29 is 23.9 Å². The molecule has 3 rings (SSSR count). The molecule has 2 fully saturated rings. The van der Waals surface area contributed by atoms with E-state index in [0.717, 1.165) is 5.56 Å². The van der Waals surface area contributed by atoms with Crippen LogP contribution in [0.25, 0.3) is 0 Å². The number of nitrogens with zero attached hydrogens (tertiary/aromatic N) is 3. The third-order valence-corrected chi connectivity index (χ3v) is 4.86. The summed E-state index contributed by atoms with van der Waals surface area (Å²) in [6.45, 7) is 6.10. The summed E-state index contributed by atoms with van der Waals surface area (Å²) in [5.74, 6) is -1.33. The zero-order chi connectivity index (χ0) is 21.3. The first-order valence-electron chi connectivity index (χ1n) is 9.59. The van der Waals surface area contributed by atoms with Gasteiger partial charge in [0, 0.05) is 31.7 Å². The van der Waals surface area contributed by atoms with Gasteiger partial charge in [0.15, 0.2) is 0 Å². The summed E-state index contributed by atoms with van der Waals surface area (Å²) in [7, 11) is 0. The van der Waals surface area contributed by atoms with Crippen molar-refractivity contribution in [2.45, 2.75) is 51.8 Å². The highest BCUT2D eigenvalue weighted by molar-refractivity contribution is 6.13. The number of amides is 5. The van der Waals surface area contributed by atoms with E-state index in [-0.39, 0.29) is 18.9 Å². The minimum Gasteiger partial charge on any atom is -0.443 e. The first-order chi connectivity index (χ1) is 13.6. The van der Waals surface area contributed by atoms with Crippen LogP contribution in [0.1, 0.15) is 39.2 Å². The molecule has 0 aliphatic carbocycles. The van der Waals surface area contributed by atoms with Crippen LogP contribution < -0.4 is 10.6 Å². The maximum absolute atomic E-state index is 12.9. The smallest absolute Gasteiger partial charge is 0.424 e. The molecule has 2 aliphatic heterocycles. The van der Waals surface area contributed by atoms with E-state index in [2.05, 4.69) is 0 Å². The number of nitrogens with two attached hydrogens (primary N) is 1. The molecule has 5 amide bonds. The third-order valence-electron chi connectivity index (χ3n) is 4.86. The van der Waals surface area contributed by atoms with Gasteiger partial charge >= 0.3 is 12.1 Å². The molecule has 0 saturated carbocycles. The largest absolute Gasteiger partial charge is 0.443 e. The number of likely N-dealkylation sites (tertiary alicyclic amines) is 1. The van der Waals surface area contributed by atoms with Crippen molar-refractivity contribution in [2.75, 3.05) is 18.0 Å². The standard InChI is InChI=1S/C20H26N4O5/c1-20(2,3)29-19(28)24-16(25)9-8-15(17(24)26)23-11-10-22(18(23)27)14-6-4-13(12-21)5-7-14/h4-7,15H,8-12,21H2,1-3H3. The van der Waals surface area contributed by atoms with Crippen LogP contribution in [0.5, 0.6) is 0 Å². The second-order valence-corrected chi connectivity index (χ2v) is 8.10. The zero-order valence-electron chi connectivity index (χ0n) is 16.9. The van der Waals surface area contributed by atoms with Crippen molar-refractivity contribution in [3.63, 3.8) is 0 Å². The van der Waals surface area contributed by atoms with Crippen LogP contribution in [-0.2, 0) is 20.9 Å². The van der Waals surface area contributed by atoms with Gasteiger partial charge < -0.3 is 15.4 Å². The van der Waals surface area contributed by atoms with Crippen LogP contribution in [0.3, 0.4) is 0 Å². The minimum absolute atomic E-state index is 0.00930. The van der Waals surface area contributed by atoms with E-state index in [4.69, 9.17) is 10.5 Å². The van der Waals surface area contributed by atoms with E-state index in [1.165, 1.54) is 4.90 Å². The Morgan fingerprint density at radius 3 is 2.38 bits per heavy atom. The number of rotatable bonds is 3. The summed E-state index contributed by atoms with van der Waals surface area (Å²) in [5, 5.41) is 0. The molecule has 1 atom stereocenters. The highest BCUT2D eigenvalue weighted by Crippen LogP contribution is 2.27. The van der Waals surface area contributed by atoms with E-state index in [9.17, 15) is 19.2 Å². The minimum atomic E-state index is -1.00. The average molecular weight is 402 g/mol. The number of hydrogen-bond donors (Lipinski definition) is 1. The lowest BCUT2D eigenvalue weighted by Crippen LogP contribution is -2.57. The summed E-state index contributed by atoms with van der Waals surface area (Å²) in [5.41, 5.74) is 6.42. The molecular weight excluding hydrogens is 376 g/mol. The van der Waals surface area contributed by atoms with Crippen LogP contribution in [0.4, 0.5) is 15.3 Å². The van der Waals surface area contributed by atoms with Crippen molar-refractivity contribution in [3.8, 4) is 0 Å². The average Bonchev–Trinajstić information content (AvgIpc) is 3.02. The number of anilines is 1. The second kappa shape index (κ2) is 7.82. The van der Waals surface area contributed by atoms with Gasteiger partial charge in [-0.25, -0.2) is 9.59 Å². The lowest BCUT2D eigenvalue weighted by atomic mass is 10.0. The molecule has 29 heavy (non-hydrogen) atoms. The number of imide groups is 3. The normalized spacial score (nSPS) is 20.5.